The van der Waals surface area contributed by atoms with E-state index in [9.17, 15) is 13.6 Å². The first-order valence-electron chi connectivity index (χ1n) is 7.87. The Morgan fingerprint density at radius 1 is 1.25 bits per heavy atom. The van der Waals surface area contributed by atoms with Crippen molar-refractivity contribution in [3.05, 3.63) is 63.8 Å². The van der Waals surface area contributed by atoms with E-state index in [1.54, 1.807) is 0 Å². The molecule has 24 heavy (non-hydrogen) atoms. The summed E-state index contributed by atoms with van der Waals surface area (Å²) in [5.74, 6) is -0.971. The number of H-pyrrole nitrogens is 1. The molecule has 0 saturated carbocycles. The van der Waals surface area contributed by atoms with Gasteiger partial charge < -0.3 is 9.72 Å². The van der Waals surface area contributed by atoms with Crippen molar-refractivity contribution < 1.29 is 13.5 Å². The topological polar surface area (TPSA) is 58.2 Å². The highest BCUT2D eigenvalue weighted by Crippen LogP contribution is 2.16. The number of ether oxygens (including phenoxy) is 1. The molecule has 128 valence electrons. The van der Waals surface area contributed by atoms with Crippen molar-refractivity contribution >= 4 is 0 Å². The van der Waals surface area contributed by atoms with Gasteiger partial charge >= 0.3 is 0 Å². The minimum atomic E-state index is -0.569. The van der Waals surface area contributed by atoms with Crippen molar-refractivity contribution in [1.82, 2.24) is 14.9 Å². The molecule has 1 N–H and O–H groups in total. The SMILES string of the molecule is O=c1cc(CC2COCCN(Cc3cc(F)cc(F)c3)C2)nc[nH]1. The van der Waals surface area contributed by atoms with E-state index in [1.165, 1.54) is 24.5 Å². The fraction of sp³-hybridized carbons (Fsp3) is 0.412. The van der Waals surface area contributed by atoms with Gasteiger partial charge in [0.1, 0.15) is 11.6 Å². The second-order valence-corrected chi connectivity index (χ2v) is 6.06. The molecule has 1 aliphatic heterocycles. The zero-order valence-corrected chi connectivity index (χ0v) is 13.2. The minimum absolute atomic E-state index is 0.167. The molecule has 1 aromatic heterocycles. The molecule has 1 aromatic carbocycles. The van der Waals surface area contributed by atoms with Crippen LogP contribution in [0, 0.1) is 17.6 Å². The molecule has 3 rings (SSSR count). The highest BCUT2D eigenvalue weighted by atomic mass is 19.1. The Kier molecular flexibility index (Phi) is 5.32. The predicted molar refractivity (Wildman–Crippen MR) is 84.5 cm³/mol. The molecule has 2 heterocycles. The van der Waals surface area contributed by atoms with Crippen molar-refractivity contribution in [3.63, 3.8) is 0 Å². The lowest BCUT2D eigenvalue weighted by molar-refractivity contribution is 0.121. The number of aromatic nitrogens is 2. The summed E-state index contributed by atoms with van der Waals surface area (Å²) < 4.78 is 32.3. The van der Waals surface area contributed by atoms with E-state index in [1.807, 2.05) is 0 Å². The van der Waals surface area contributed by atoms with Crippen LogP contribution in [0.3, 0.4) is 0 Å². The van der Waals surface area contributed by atoms with E-state index in [0.29, 0.717) is 50.5 Å². The first kappa shape index (κ1) is 16.7. The Morgan fingerprint density at radius 3 is 2.79 bits per heavy atom. The molecule has 1 fully saturated rings. The van der Waals surface area contributed by atoms with Gasteiger partial charge in [0.2, 0.25) is 0 Å². The molecule has 5 nitrogen and oxygen atoms in total. The summed E-state index contributed by atoms with van der Waals surface area (Å²) in [6, 6.07) is 5.05. The predicted octanol–water partition coefficient (Wildman–Crippen LogP) is 1.74. The van der Waals surface area contributed by atoms with Crippen LogP contribution in [-0.2, 0) is 17.7 Å². The molecule has 1 saturated heterocycles. The average Bonchev–Trinajstić information content (AvgIpc) is 2.71. The zero-order chi connectivity index (χ0) is 16.9. The summed E-state index contributed by atoms with van der Waals surface area (Å²) in [5.41, 5.74) is 1.13. The third-order valence-corrected chi connectivity index (χ3v) is 3.98. The molecule has 0 aliphatic carbocycles. The molecule has 0 amide bonds. The maximum Gasteiger partial charge on any atom is 0.250 e. The summed E-state index contributed by atoms with van der Waals surface area (Å²) in [5, 5.41) is 0. The Morgan fingerprint density at radius 2 is 2.04 bits per heavy atom. The third kappa shape index (κ3) is 4.69. The lowest BCUT2D eigenvalue weighted by Gasteiger charge is -2.23. The van der Waals surface area contributed by atoms with Crippen molar-refractivity contribution in [2.75, 3.05) is 26.3 Å². The van der Waals surface area contributed by atoms with Crippen molar-refractivity contribution in [3.8, 4) is 0 Å². The van der Waals surface area contributed by atoms with Gasteiger partial charge in [-0.15, -0.1) is 0 Å². The van der Waals surface area contributed by atoms with Gasteiger partial charge in [0.05, 0.1) is 19.5 Å². The van der Waals surface area contributed by atoms with Crippen LogP contribution < -0.4 is 5.56 Å². The minimum Gasteiger partial charge on any atom is -0.380 e. The number of aromatic amines is 1. The highest BCUT2D eigenvalue weighted by Gasteiger charge is 2.20. The Balaban J connectivity index is 1.67. The lowest BCUT2D eigenvalue weighted by Crippen LogP contribution is -2.30. The molecular weight excluding hydrogens is 316 g/mol. The molecule has 0 bridgehead atoms. The van der Waals surface area contributed by atoms with Gasteiger partial charge in [0.15, 0.2) is 0 Å². The van der Waals surface area contributed by atoms with E-state index in [4.69, 9.17) is 4.74 Å². The standard InChI is InChI=1S/C17H19F2N3O2/c18-14-3-12(4-15(19)6-14)8-22-1-2-24-10-13(9-22)5-16-7-17(23)21-11-20-16/h3-4,6-7,11,13H,1-2,5,8-10H2,(H,20,21,23). The number of benzene rings is 1. The monoisotopic (exact) mass is 335 g/mol. The van der Waals surface area contributed by atoms with Gasteiger partial charge in [-0.25, -0.2) is 13.8 Å². The smallest absolute Gasteiger partial charge is 0.250 e. The lowest BCUT2D eigenvalue weighted by atomic mass is 10.0. The number of nitrogens with zero attached hydrogens (tertiary/aromatic N) is 2. The third-order valence-electron chi connectivity index (χ3n) is 3.98. The number of hydrogen-bond donors (Lipinski definition) is 1. The Hall–Kier alpha value is -2.12. The van der Waals surface area contributed by atoms with E-state index in [-0.39, 0.29) is 11.5 Å². The van der Waals surface area contributed by atoms with E-state index < -0.39 is 11.6 Å². The highest BCUT2D eigenvalue weighted by molar-refractivity contribution is 5.17. The van der Waals surface area contributed by atoms with Crippen LogP contribution in [0.15, 0.2) is 35.4 Å². The summed E-state index contributed by atoms with van der Waals surface area (Å²) in [7, 11) is 0. The zero-order valence-electron chi connectivity index (χ0n) is 13.2. The fourth-order valence-corrected chi connectivity index (χ4v) is 3.00. The second kappa shape index (κ2) is 7.63. The molecule has 1 aliphatic rings. The number of halogens is 2. The normalized spacial score (nSPS) is 19.2. The van der Waals surface area contributed by atoms with Gasteiger partial charge in [0, 0.05) is 43.4 Å². The van der Waals surface area contributed by atoms with Crippen molar-refractivity contribution in [2.45, 2.75) is 13.0 Å². The first-order chi connectivity index (χ1) is 11.6. The molecule has 7 heteroatoms. The largest absolute Gasteiger partial charge is 0.380 e. The Labute approximate surface area is 138 Å². The van der Waals surface area contributed by atoms with Crippen molar-refractivity contribution in [1.29, 1.82) is 0 Å². The van der Waals surface area contributed by atoms with Crippen LogP contribution in [0.5, 0.6) is 0 Å². The van der Waals surface area contributed by atoms with Crippen LogP contribution in [0.25, 0.3) is 0 Å². The summed E-state index contributed by atoms with van der Waals surface area (Å²) in [6.45, 7) is 3.00. The molecule has 1 unspecified atom stereocenters. The van der Waals surface area contributed by atoms with Crippen LogP contribution in [0.1, 0.15) is 11.3 Å². The van der Waals surface area contributed by atoms with Gasteiger partial charge in [-0.3, -0.25) is 9.69 Å². The maximum absolute atomic E-state index is 13.3. The van der Waals surface area contributed by atoms with Gasteiger partial charge in [0.25, 0.3) is 5.56 Å². The summed E-state index contributed by atoms with van der Waals surface area (Å²) in [4.78, 5) is 20.1. The average molecular weight is 335 g/mol. The van der Waals surface area contributed by atoms with Crippen LogP contribution >= 0.6 is 0 Å². The van der Waals surface area contributed by atoms with Crippen molar-refractivity contribution in [2.24, 2.45) is 5.92 Å². The maximum atomic E-state index is 13.3. The van der Waals surface area contributed by atoms with Gasteiger partial charge in [-0.2, -0.15) is 0 Å². The molecule has 0 radical (unpaired) electrons. The molecule has 1 atom stereocenters. The quantitative estimate of drug-likeness (QED) is 0.925. The molecule has 2 aromatic rings. The Bertz CT molecular complexity index is 730. The second-order valence-electron chi connectivity index (χ2n) is 6.06. The summed E-state index contributed by atoms with van der Waals surface area (Å²) in [6.07, 6.45) is 2.01. The molecule has 0 spiro atoms. The number of hydrogen-bond acceptors (Lipinski definition) is 4. The first-order valence-corrected chi connectivity index (χ1v) is 7.87. The fourth-order valence-electron chi connectivity index (χ4n) is 3.00. The molecular formula is C17H19F2N3O2. The van der Waals surface area contributed by atoms with Gasteiger partial charge in [-0.1, -0.05) is 0 Å². The number of nitrogens with one attached hydrogen (secondary N) is 1. The van der Waals surface area contributed by atoms with Crippen LogP contribution in [0.4, 0.5) is 8.78 Å². The van der Waals surface area contributed by atoms with E-state index in [0.717, 1.165) is 6.07 Å². The van der Waals surface area contributed by atoms with Gasteiger partial charge in [-0.05, 0) is 24.1 Å². The van der Waals surface area contributed by atoms with E-state index in [2.05, 4.69) is 14.9 Å². The summed E-state index contributed by atoms with van der Waals surface area (Å²) >= 11 is 0. The van der Waals surface area contributed by atoms with E-state index >= 15 is 0 Å². The van der Waals surface area contributed by atoms with Crippen LogP contribution in [0.2, 0.25) is 0 Å². The van der Waals surface area contributed by atoms with Crippen LogP contribution in [-0.4, -0.2) is 41.2 Å². The number of rotatable bonds is 4.